The van der Waals surface area contributed by atoms with Crippen molar-refractivity contribution in [3.8, 4) is 0 Å². The van der Waals surface area contributed by atoms with Crippen molar-refractivity contribution in [1.82, 2.24) is 9.97 Å². The highest BCUT2D eigenvalue weighted by Gasteiger charge is 2.26. The number of aliphatic imine (C=N–C) groups is 2. The Morgan fingerprint density at radius 3 is 2.38 bits per heavy atom. The van der Waals surface area contributed by atoms with Crippen LogP contribution in [0.2, 0.25) is 0 Å². The molecule has 0 saturated carbocycles. The highest BCUT2D eigenvalue weighted by Crippen LogP contribution is 2.30. The molecule has 1 aliphatic heterocycles. The molecule has 11 nitrogen and oxygen atoms in total. The highest BCUT2D eigenvalue weighted by atomic mass is 16.3. The van der Waals surface area contributed by atoms with Gasteiger partial charge in [-0.25, -0.2) is 9.78 Å². The highest BCUT2D eigenvalue weighted by molar-refractivity contribution is 6.09. The third-order valence-electron chi connectivity index (χ3n) is 7.03. The molecule has 280 valence electrons. The number of anilines is 4. The second-order valence-corrected chi connectivity index (χ2v) is 11.3. The average Bonchev–Trinajstić information content (AvgIpc) is 3.15. The summed E-state index contributed by atoms with van der Waals surface area (Å²) < 4.78 is 0. The molecule has 0 radical (unpaired) electrons. The van der Waals surface area contributed by atoms with E-state index in [4.69, 9.17) is 5.73 Å². The van der Waals surface area contributed by atoms with Gasteiger partial charge in [0.05, 0.1) is 17.9 Å². The smallest absolute Gasteiger partial charge is 0.327 e. The molecule has 0 aliphatic carbocycles. The van der Waals surface area contributed by atoms with E-state index in [1.807, 2.05) is 129 Å². The van der Waals surface area contributed by atoms with Gasteiger partial charge in [0, 0.05) is 42.2 Å². The van der Waals surface area contributed by atoms with Crippen molar-refractivity contribution >= 4 is 46.4 Å². The van der Waals surface area contributed by atoms with Crippen LogP contribution in [0, 0.1) is 6.92 Å². The fourth-order valence-corrected chi connectivity index (χ4v) is 4.57. The number of hydrogen-bond donors (Lipinski definition) is 4. The maximum absolute atomic E-state index is 12.8. The third kappa shape index (κ3) is 15.2. The number of allylic oxidation sites excluding steroid dienone is 4. The number of fused-ring (bicyclic) bond motifs is 1. The zero-order valence-electron chi connectivity index (χ0n) is 32.5. The largest absolute Gasteiger partial charge is 0.373 e. The van der Waals surface area contributed by atoms with Crippen molar-refractivity contribution in [1.29, 1.82) is 0 Å². The first-order chi connectivity index (χ1) is 25.0. The average molecular weight is 711 g/mol. The topological polar surface area (TPSA) is 158 Å². The molecule has 4 rings (SSSR count). The molecule has 52 heavy (non-hydrogen) atoms. The summed E-state index contributed by atoms with van der Waals surface area (Å²) in [4.78, 5) is 43.8. The van der Waals surface area contributed by atoms with Gasteiger partial charge in [-0.05, 0) is 70.9 Å². The van der Waals surface area contributed by atoms with Crippen LogP contribution in [0.1, 0.15) is 91.8 Å². The summed E-state index contributed by atoms with van der Waals surface area (Å²) in [6.45, 7) is 19.8. The van der Waals surface area contributed by atoms with Gasteiger partial charge in [-0.1, -0.05) is 88.4 Å². The number of benzene rings is 2. The summed E-state index contributed by atoms with van der Waals surface area (Å²) in [7, 11) is 0. The number of aliphatic hydroxyl groups excluding tert-OH is 1. The van der Waals surface area contributed by atoms with E-state index in [1.54, 1.807) is 36.4 Å². The van der Waals surface area contributed by atoms with Crippen LogP contribution in [0.4, 0.5) is 27.9 Å². The molecule has 2 atom stereocenters. The normalized spacial score (nSPS) is 13.4. The van der Waals surface area contributed by atoms with Crippen molar-refractivity contribution < 1.29 is 14.7 Å². The lowest BCUT2D eigenvalue weighted by molar-refractivity contribution is -0.119. The van der Waals surface area contributed by atoms with E-state index in [0.717, 1.165) is 28.1 Å². The van der Waals surface area contributed by atoms with E-state index in [9.17, 15) is 14.7 Å². The van der Waals surface area contributed by atoms with Gasteiger partial charge in [-0.3, -0.25) is 25.0 Å². The second kappa shape index (κ2) is 24.7. The van der Waals surface area contributed by atoms with Gasteiger partial charge < -0.3 is 16.2 Å². The van der Waals surface area contributed by atoms with Gasteiger partial charge >= 0.3 is 6.03 Å². The SMILES string of the molecule is C/C=C/C(=N[C@@H](C)C(=O)C/C=C/CC(O)Nc1ccc(C)c(N2Cc3cnc(N)nc3NC2=O)c1)c1ccccc1.C/C=C\N=C(C)C.CC.CC. The number of rotatable bonds is 12. The Hall–Kier alpha value is -5.42. The summed E-state index contributed by atoms with van der Waals surface area (Å²) >= 11 is 0. The maximum Gasteiger partial charge on any atom is 0.327 e. The minimum absolute atomic E-state index is 0.0146. The number of hydrogen-bond acceptors (Lipinski definition) is 9. The van der Waals surface area contributed by atoms with Crippen LogP contribution in [0.25, 0.3) is 0 Å². The molecule has 1 aliphatic rings. The number of Topliss-reactive ketones (excluding diaryl/α,β-unsaturated/α-hetero) is 1. The molecule has 2 amide bonds. The Morgan fingerprint density at radius 2 is 1.77 bits per heavy atom. The Morgan fingerprint density at radius 1 is 1.08 bits per heavy atom. The van der Waals surface area contributed by atoms with Crippen LogP contribution in [-0.2, 0) is 11.3 Å². The van der Waals surface area contributed by atoms with E-state index in [0.29, 0.717) is 17.2 Å². The number of amides is 2. The molecule has 0 fully saturated rings. The predicted molar refractivity (Wildman–Crippen MR) is 219 cm³/mol. The summed E-state index contributed by atoms with van der Waals surface area (Å²) in [5.74, 6) is 0.484. The number of nitrogens with one attached hydrogen (secondary N) is 2. The Bertz CT molecular complexity index is 1690. The number of nitrogens with two attached hydrogens (primary N) is 1. The van der Waals surface area contributed by atoms with E-state index in [2.05, 4.69) is 30.6 Å². The summed E-state index contributed by atoms with van der Waals surface area (Å²) in [6.07, 6.45) is 12.2. The minimum atomic E-state index is -0.890. The summed E-state index contributed by atoms with van der Waals surface area (Å²) in [6, 6.07) is 14.4. The van der Waals surface area contributed by atoms with E-state index in [1.165, 1.54) is 0 Å². The lowest BCUT2D eigenvalue weighted by Crippen LogP contribution is -2.39. The molecular weight excluding hydrogens is 653 g/mol. The molecule has 2 aromatic carbocycles. The van der Waals surface area contributed by atoms with Crippen molar-refractivity contribution in [2.75, 3.05) is 21.3 Å². The van der Waals surface area contributed by atoms with Crippen LogP contribution in [0.5, 0.6) is 0 Å². The number of aryl methyl sites for hydroxylation is 1. The molecule has 1 unspecified atom stereocenters. The Balaban J connectivity index is 0.00000109. The van der Waals surface area contributed by atoms with Gasteiger partial charge in [0.1, 0.15) is 18.1 Å². The van der Waals surface area contributed by atoms with Crippen LogP contribution >= 0.6 is 0 Å². The number of aromatic nitrogens is 2. The number of carbonyl (C=O) groups excluding carboxylic acids is 2. The number of carbonyl (C=O) groups is 2. The molecule has 0 saturated heterocycles. The number of aliphatic hydroxyl groups is 1. The van der Waals surface area contributed by atoms with Crippen molar-refractivity contribution in [2.24, 2.45) is 9.98 Å². The Kier molecular flexibility index (Phi) is 21.2. The van der Waals surface area contributed by atoms with Crippen LogP contribution < -0.4 is 21.3 Å². The number of nitrogens with zero attached hydrogens (tertiary/aromatic N) is 5. The monoisotopic (exact) mass is 710 g/mol. The second-order valence-electron chi connectivity index (χ2n) is 11.3. The fourth-order valence-electron chi connectivity index (χ4n) is 4.57. The zero-order valence-corrected chi connectivity index (χ0v) is 32.5. The standard InChI is InChI=1S/C31H35N7O3.C6H11N.2C2H6/c1-4-10-25(22-11-6-5-7-12-22)34-21(3)27(39)13-8-9-14-28(40)35-24-16-15-20(2)26(17-24)38-19-23-18-33-30(32)36-29(23)37-31(38)41;1-4-5-7-6(2)3;2*1-2/h4-12,15-18,21,28,35,40H,13-14,19H2,1-3H3,(H3,32,33,36,37,41);4-5H,1-3H3;2*1-2H3/b9-8+,10-4+,34-25?;5-4-;;/t21-,28?;;;/m0.../s1. The first-order valence-corrected chi connectivity index (χ1v) is 17.8. The molecule has 5 N–H and O–H groups in total. The fraction of sp³-hybridized carbons (Fsp3) is 0.366. The number of nitrogen functional groups attached to an aromatic ring is 1. The molecule has 1 aromatic heterocycles. The zero-order chi connectivity index (χ0) is 39.1. The van der Waals surface area contributed by atoms with Crippen molar-refractivity contribution in [3.05, 3.63) is 108 Å². The molecule has 0 spiro atoms. The van der Waals surface area contributed by atoms with E-state index in [-0.39, 0.29) is 37.1 Å². The maximum atomic E-state index is 12.8. The predicted octanol–water partition coefficient (Wildman–Crippen LogP) is 9.06. The van der Waals surface area contributed by atoms with E-state index < -0.39 is 12.3 Å². The summed E-state index contributed by atoms with van der Waals surface area (Å²) in [5, 5.41) is 16.4. The van der Waals surface area contributed by atoms with Crippen molar-refractivity contribution in [2.45, 2.75) is 101 Å². The van der Waals surface area contributed by atoms with Gasteiger partial charge in [0.25, 0.3) is 0 Å². The third-order valence-corrected chi connectivity index (χ3v) is 7.03. The van der Waals surface area contributed by atoms with Gasteiger partial charge in [-0.2, -0.15) is 4.98 Å². The van der Waals surface area contributed by atoms with Crippen LogP contribution in [0.15, 0.2) is 101 Å². The number of urea groups is 1. The quantitative estimate of drug-likeness (QED) is 0.0829. The van der Waals surface area contributed by atoms with E-state index >= 15 is 0 Å². The lowest BCUT2D eigenvalue weighted by Gasteiger charge is -2.30. The lowest BCUT2D eigenvalue weighted by atomic mass is 10.1. The first kappa shape index (κ1) is 44.6. The van der Waals surface area contributed by atoms with Crippen LogP contribution in [-0.4, -0.2) is 50.6 Å². The Labute approximate surface area is 310 Å². The molecule has 3 aromatic rings. The molecular formula is C41H58N8O3. The van der Waals surface area contributed by atoms with Gasteiger partial charge in [0.15, 0.2) is 5.78 Å². The van der Waals surface area contributed by atoms with Gasteiger partial charge in [0.2, 0.25) is 5.95 Å². The van der Waals surface area contributed by atoms with Crippen LogP contribution in [0.3, 0.4) is 0 Å². The summed E-state index contributed by atoms with van der Waals surface area (Å²) in [5.41, 5.74) is 11.4. The molecule has 0 bridgehead atoms. The first-order valence-electron chi connectivity index (χ1n) is 17.8. The molecule has 2 heterocycles. The number of ketones is 1. The minimum Gasteiger partial charge on any atom is -0.373 e. The van der Waals surface area contributed by atoms with Crippen molar-refractivity contribution in [3.63, 3.8) is 0 Å². The molecule has 11 heteroatoms. The van der Waals surface area contributed by atoms with Gasteiger partial charge in [-0.15, -0.1) is 0 Å².